The van der Waals surface area contributed by atoms with E-state index in [1.807, 2.05) is 0 Å². The minimum atomic E-state index is -0.215. The van der Waals surface area contributed by atoms with Gasteiger partial charge in [0.15, 0.2) is 0 Å². The summed E-state index contributed by atoms with van der Waals surface area (Å²) in [5, 5.41) is 10.1. The van der Waals surface area contributed by atoms with Gasteiger partial charge in [0.05, 0.1) is 4.88 Å². The van der Waals surface area contributed by atoms with Crippen molar-refractivity contribution in [2.24, 2.45) is 0 Å². The Kier molecular flexibility index (Phi) is 6.54. The first-order valence-corrected chi connectivity index (χ1v) is 12.8. The van der Waals surface area contributed by atoms with Gasteiger partial charge in [-0.15, -0.1) is 0 Å². The van der Waals surface area contributed by atoms with Crippen molar-refractivity contribution in [3.05, 3.63) is 116 Å². The largest absolute Gasteiger partial charge is 0.494 e. The van der Waals surface area contributed by atoms with Crippen LogP contribution in [-0.2, 0) is 19.3 Å². The number of benzene rings is 3. The van der Waals surface area contributed by atoms with Crippen LogP contribution in [0.1, 0.15) is 46.4 Å². The number of nitrogens with one attached hydrogen (secondary N) is 1. The van der Waals surface area contributed by atoms with E-state index in [0.717, 1.165) is 49.1 Å². The number of H-pyrrole nitrogens is 1. The lowest BCUT2D eigenvalue weighted by atomic mass is 9.88. The smallest absolute Gasteiger partial charge is 0.307 e. The highest BCUT2D eigenvalue weighted by molar-refractivity contribution is 7.09. The molecule has 1 aliphatic heterocycles. The molecular formula is C29H30N2O2S. The third-order valence-corrected chi connectivity index (χ3v) is 8.00. The number of hydrogen-bond donors (Lipinski definition) is 2. The maximum absolute atomic E-state index is 11.7. The fourth-order valence-corrected chi connectivity index (χ4v) is 5.91. The number of hydrogen-bond acceptors (Lipinski definition) is 4. The monoisotopic (exact) mass is 470 g/mol. The van der Waals surface area contributed by atoms with Crippen molar-refractivity contribution in [3.63, 3.8) is 0 Å². The molecule has 174 valence electrons. The van der Waals surface area contributed by atoms with Crippen molar-refractivity contribution >= 4 is 17.0 Å². The first-order valence-electron chi connectivity index (χ1n) is 12.0. The van der Waals surface area contributed by atoms with Crippen LogP contribution in [0.5, 0.6) is 5.88 Å². The number of fused-ring (bicyclic) bond motifs is 1. The number of rotatable bonds is 7. The Morgan fingerprint density at radius 2 is 1.74 bits per heavy atom. The zero-order valence-electron chi connectivity index (χ0n) is 19.4. The Bertz CT molecular complexity index is 1300. The molecule has 1 aliphatic rings. The van der Waals surface area contributed by atoms with E-state index < -0.39 is 0 Å². The summed E-state index contributed by atoms with van der Waals surface area (Å²) in [6.45, 7) is 3.03. The Morgan fingerprint density at radius 1 is 1.03 bits per heavy atom. The molecule has 0 bridgehead atoms. The normalized spacial score (nSPS) is 16.3. The second-order valence-corrected chi connectivity index (χ2v) is 10.2. The minimum Gasteiger partial charge on any atom is -0.494 e. The molecule has 0 radical (unpaired) electrons. The summed E-state index contributed by atoms with van der Waals surface area (Å²) in [4.78, 5) is 17.3. The fourth-order valence-electron chi connectivity index (χ4n) is 5.10. The molecule has 5 rings (SSSR count). The molecule has 3 aromatic carbocycles. The van der Waals surface area contributed by atoms with Crippen LogP contribution in [0.2, 0.25) is 0 Å². The van der Waals surface area contributed by atoms with Gasteiger partial charge in [-0.1, -0.05) is 91.1 Å². The summed E-state index contributed by atoms with van der Waals surface area (Å²) in [5.74, 6) is -0.0401. The van der Waals surface area contributed by atoms with Crippen LogP contribution in [0.4, 0.5) is 5.69 Å². The summed E-state index contributed by atoms with van der Waals surface area (Å²) in [6, 6.07) is 28.6. The van der Waals surface area contributed by atoms with E-state index in [1.165, 1.54) is 22.4 Å². The first-order chi connectivity index (χ1) is 16.6. The van der Waals surface area contributed by atoms with E-state index in [4.69, 9.17) is 0 Å². The third kappa shape index (κ3) is 4.80. The Balaban J connectivity index is 1.44. The van der Waals surface area contributed by atoms with Gasteiger partial charge >= 0.3 is 4.87 Å². The second kappa shape index (κ2) is 9.90. The quantitative estimate of drug-likeness (QED) is 0.354. The molecule has 2 unspecified atom stereocenters. The molecule has 1 aromatic heterocycles. The van der Waals surface area contributed by atoms with Crippen LogP contribution in [0.15, 0.2) is 83.7 Å². The zero-order chi connectivity index (χ0) is 23.5. The van der Waals surface area contributed by atoms with Gasteiger partial charge in [0, 0.05) is 24.2 Å². The van der Waals surface area contributed by atoms with Gasteiger partial charge in [-0.25, -0.2) is 0 Å². The van der Waals surface area contributed by atoms with Crippen LogP contribution in [0, 0.1) is 0 Å². The number of aryl methyl sites for hydroxylation is 1. The van der Waals surface area contributed by atoms with Gasteiger partial charge in [-0.2, -0.15) is 0 Å². The first kappa shape index (κ1) is 22.5. The Hall–Kier alpha value is -3.31. The van der Waals surface area contributed by atoms with Crippen molar-refractivity contribution in [2.75, 3.05) is 11.4 Å². The number of aromatic hydroxyl groups is 1. The molecule has 2 N–H and O–H groups in total. The highest BCUT2D eigenvalue weighted by atomic mass is 32.1. The molecular weight excluding hydrogens is 440 g/mol. The van der Waals surface area contributed by atoms with E-state index in [-0.39, 0.29) is 16.7 Å². The Morgan fingerprint density at radius 3 is 2.41 bits per heavy atom. The molecule has 2 atom stereocenters. The average Bonchev–Trinajstić information content (AvgIpc) is 3.21. The summed E-state index contributed by atoms with van der Waals surface area (Å²) in [5.41, 5.74) is 6.53. The highest BCUT2D eigenvalue weighted by Gasteiger charge is 2.27. The van der Waals surface area contributed by atoms with Crippen LogP contribution in [0.3, 0.4) is 0 Å². The average molecular weight is 471 g/mol. The van der Waals surface area contributed by atoms with E-state index in [9.17, 15) is 9.90 Å². The molecule has 34 heavy (non-hydrogen) atoms. The molecule has 0 saturated carbocycles. The summed E-state index contributed by atoms with van der Waals surface area (Å²) in [6.07, 6.45) is 4.19. The van der Waals surface area contributed by atoms with Crippen molar-refractivity contribution in [1.29, 1.82) is 0 Å². The van der Waals surface area contributed by atoms with Crippen LogP contribution >= 0.6 is 11.3 Å². The SMILES string of the molecule is CC(c1ccc2c(c1)CCC(Cc1ccccc1)N2CCc1ccccc1)c1sc(=O)[nH]c1O. The third-order valence-electron chi connectivity index (χ3n) is 6.95. The maximum atomic E-state index is 11.7. The lowest BCUT2D eigenvalue weighted by Gasteiger charge is -2.40. The van der Waals surface area contributed by atoms with E-state index in [2.05, 4.69) is 95.7 Å². The summed E-state index contributed by atoms with van der Waals surface area (Å²) >= 11 is 1.09. The van der Waals surface area contributed by atoms with Crippen molar-refractivity contribution in [2.45, 2.75) is 44.6 Å². The molecule has 5 heteroatoms. The maximum Gasteiger partial charge on any atom is 0.307 e. The predicted octanol–water partition coefficient (Wildman–Crippen LogP) is 5.90. The van der Waals surface area contributed by atoms with Crippen molar-refractivity contribution < 1.29 is 5.11 Å². The molecule has 0 amide bonds. The molecule has 0 aliphatic carbocycles. The van der Waals surface area contributed by atoms with Gasteiger partial charge < -0.3 is 10.0 Å². The summed E-state index contributed by atoms with van der Waals surface area (Å²) < 4.78 is 0. The lowest BCUT2D eigenvalue weighted by molar-refractivity contribution is 0.448. The van der Waals surface area contributed by atoms with Gasteiger partial charge in [-0.05, 0) is 54.0 Å². The van der Waals surface area contributed by atoms with Crippen LogP contribution < -0.4 is 9.77 Å². The molecule has 0 saturated heterocycles. The van der Waals surface area contributed by atoms with E-state index in [1.54, 1.807) is 0 Å². The van der Waals surface area contributed by atoms with Crippen LogP contribution in [-0.4, -0.2) is 22.7 Å². The number of nitrogens with zero attached hydrogens (tertiary/aromatic N) is 1. The molecule has 4 nitrogen and oxygen atoms in total. The number of thiazole rings is 1. The molecule has 0 spiro atoms. The zero-order valence-corrected chi connectivity index (χ0v) is 20.2. The fraction of sp³-hybridized carbons (Fsp3) is 0.276. The Labute approximate surface area is 204 Å². The van der Waals surface area contributed by atoms with E-state index in [0.29, 0.717) is 10.9 Å². The number of aromatic amines is 1. The highest BCUT2D eigenvalue weighted by Crippen LogP contribution is 2.37. The van der Waals surface area contributed by atoms with E-state index >= 15 is 0 Å². The molecule has 4 aromatic rings. The topological polar surface area (TPSA) is 56.3 Å². The minimum absolute atomic E-state index is 0.00682. The van der Waals surface area contributed by atoms with Gasteiger partial charge in [-0.3, -0.25) is 9.78 Å². The van der Waals surface area contributed by atoms with Gasteiger partial charge in [0.2, 0.25) is 5.88 Å². The number of aromatic nitrogens is 1. The molecule has 0 fully saturated rings. The lowest BCUT2D eigenvalue weighted by Crippen LogP contribution is -2.42. The summed E-state index contributed by atoms with van der Waals surface area (Å²) in [7, 11) is 0. The standard InChI is InChI=1S/C29H30N2O2S/c1-20(27-28(32)30-29(33)34-27)23-13-15-26-24(19-23)12-14-25(18-22-10-6-3-7-11-22)31(26)17-16-21-8-4-2-5-9-21/h2-11,13,15,19-20,25,32H,12,14,16-18H2,1H3,(H,30,33). The van der Waals surface area contributed by atoms with Crippen molar-refractivity contribution in [1.82, 2.24) is 4.98 Å². The van der Waals surface area contributed by atoms with Gasteiger partial charge in [0.1, 0.15) is 0 Å². The second-order valence-electron chi connectivity index (χ2n) is 9.15. The number of anilines is 1. The van der Waals surface area contributed by atoms with Gasteiger partial charge in [0.25, 0.3) is 0 Å². The van der Waals surface area contributed by atoms with Crippen molar-refractivity contribution in [3.8, 4) is 5.88 Å². The van der Waals surface area contributed by atoms with Crippen LogP contribution in [0.25, 0.3) is 0 Å². The molecule has 2 heterocycles. The predicted molar refractivity (Wildman–Crippen MR) is 140 cm³/mol.